The summed E-state index contributed by atoms with van der Waals surface area (Å²) < 4.78 is 0. The minimum absolute atomic E-state index is 0.0512. The molecule has 12 heavy (non-hydrogen) atoms. The maximum absolute atomic E-state index is 11.2. The van der Waals surface area contributed by atoms with Gasteiger partial charge in [0.1, 0.15) is 0 Å². The van der Waals surface area contributed by atoms with Crippen molar-refractivity contribution in [2.24, 2.45) is 0 Å². The summed E-state index contributed by atoms with van der Waals surface area (Å²) in [6.45, 7) is 0.922. The Bertz CT molecular complexity index is 183. The molecule has 0 heterocycles. The normalized spacial score (nSPS) is 9.58. The molecule has 0 spiro atoms. The molecule has 0 aliphatic heterocycles. The predicted molar refractivity (Wildman–Crippen MR) is 46.4 cm³/mol. The minimum atomic E-state index is 0.0512. The van der Waals surface area contributed by atoms with Gasteiger partial charge >= 0.3 is 0 Å². The van der Waals surface area contributed by atoms with Gasteiger partial charge in [0.2, 0.25) is 5.91 Å². The number of amides is 1. The van der Waals surface area contributed by atoms with Crippen LogP contribution in [0.4, 0.5) is 0 Å². The van der Waals surface area contributed by atoms with Crippen molar-refractivity contribution in [2.75, 3.05) is 34.2 Å². The SMILES string of the molecule is CN(C)CC(=O)N(C)CCC#N. The summed E-state index contributed by atoms with van der Waals surface area (Å²) in [4.78, 5) is 14.6. The first-order chi connectivity index (χ1) is 5.57. The molecular formula is C8H15N3O. The fraction of sp³-hybridized carbons (Fsp3) is 0.750. The largest absolute Gasteiger partial charge is 0.344 e. The van der Waals surface area contributed by atoms with Crippen LogP contribution in [0.15, 0.2) is 0 Å². The molecule has 0 aromatic heterocycles. The Balaban J connectivity index is 3.70. The van der Waals surface area contributed by atoms with Crippen LogP contribution in [-0.2, 0) is 4.79 Å². The number of likely N-dealkylation sites (N-methyl/N-ethyl adjacent to an activating group) is 2. The highest BCUT2D eigenvalue weighted by Gasteiger charge is 2.07. The first-order valence-corrected chi connectivity index (χ1v) is 3.83. The third-order valence-electron chi connectivity index (χ3n) is 1.44. The van der Waals surface area contributed by atoms with Gasteiger partial charge in [-0.05, 0) is 14.1 Å². The second-order valence-corrected chi connectivity index (χ2v) is 2.96. The van der Waals surface area contributed by atoms with Crippen molar-refractivity contribution in [3.63, 3.8) is 0 Å². The lowest BCUT2D eigenvalue weighted by molar-refractivity contribution is -0.130. The lowest BCUT2D eigenvalue weighted by Crippen LogP contribution is -2.35. The van der Waals surface area contributed by atoms with Gasteiger partial charge < -0.3 is 9.80 Å². The highest BCUT2D eigenvalue weighted by molar-refractivity contribution is 5.77. The molecule has 68 valence electrons. The summed E-state index contributed by atoms with van der Waals surface area (Å²) in [6.07, 6.45) is 0.398. The van der Waals surface area contributed by atoms with E-state index in [2.05, 4.69) is 0 Å². The van der Waals surface area contributed by atoms with E-state index in [0.29, 0.717) is 19.5 Å². The van der Waals surface area contributed by atoms with Crippen molar-refractivity contribution in [1.82, 2.24) is 9.80 Å². The number of hydrogen-bond acceptors (Lipinski definition) is 3. The molecule has 4 heteroatoms. The summed E-state index contributed by atoms with van der Waals surface area (Å²) in [5.74, 6) is 0.0512. The summed E-state index contributed by atoms with van der Waals surface area (Å²) >= 11 is 0. The average molecular weight is 169 g/mol. The molecule has 1 amide bonds. The molecule has 0 bridgehead atoms. The van der Waals surface area contributed by atoms with Crippen molar-refractivity contribution in [3.05, 3.63) is 0 Å². The molecular weight excluding hydrogens is 154 g/mol. The van der Waals surface area contributed by atoms with Crippen LogP contribution in [0.2, 0.25) is 0 Å². The Labute approximate surface area is 73.4 Å². The second-order valence-electron chi connectivity index (χ2n) is 2.96. The maximum atomic E-state index is 11.2. The van der Waals surface area contributed by atoms with Gasteiger partial charge in [0.05, 0.1) is 19.0 Å². The molecule has 0 aliphatic carbocycles. The van der Waals surface area contributed by atoms with Crippen molar-refractivity contribution in [3.8, 4) is 6.07 Å². The number of carbonyl (C=O) groups excluding carboxylic acids is 1. The van der Waals surface area contributed by atoms with E-state index in [4.69, 9.17) is 5.26 Å². The van der Waals surface area contributed by atoms with Gasteiger partial charge in [0.25, 0.3) is 0 Å². The monoisotopic (exact) mass is 169 g/mol. The Morgan fingerprint density at radius 2 is 2.00 bits per heavy atom. The van der Waals surface area contributed by atoms with Gasteiger partial charge in [-0.2, -0.15) is 5.26 Å². The van der Waals surface area contributed by atoms with Crippen LogP contribution in [0.3, 0.4) is 0 Å². The Morgan fingerprint density at radius 3 is 2.42 bits per heavy atom. The zero-order valence-electron chi connectivity index (χ0n) is 7.87. The van der Waals surface area contributed by atoms with Gasteiger partial charge in [0.15, 0.2) is 0 Å². The lowest BCUT2D eigenvalue weighted by Gasteiger charge is -2.17. The molecule has 4 nitrogen and oxygen atoms in total. The van der Waals surface area contributed by atoms with E-state index < -0.39 is 0 Å². The standard InChI is InChI=1S/C8H15N3O/c1-10(2)7-8(12)11(3)6-4-5-9/h4,6-7H2,1-3H3. The number of rotatable bonds is 4. The Kier molecular flexibility index (Phi) is 5.06. The van der Waals surface area contributed by atoms with E-state index in [1.165, 1.54) is 0 Å². The van der Waals surface area contributed by atoms with E-state index in [1.807, 2.05) is 25.1 Å². The molecule has 0 aromatic rings. The van der Waals surface area contributed by atoms with Crippen LogP contribution < -0.4 is 0 Å². The molecule has 0 aliphatic rings. The van der Waals surface area contributed by atoms with E-state index >= 15 is 0 Å². The van der Waals surface area contributed by atoms with Gasteiger partial charge in [-0.3, -0.25) is 4.79 Å². The van der Waals surface area contributed by atoms with Crippen LogP contribution in [-0.4, -0.2) is 49.9 Å². The first-order valence-electron chi connectivity index (χ1n) is 3.83. The van der Waals surface area contributed by atoms with Crippen molar-refractivity contribution < 1.29 is 4.79 Å². The highest BCUT2D eigenvalue weighted by Crippen LogP contribution is 1.88. The van der Waals surface area contributed by atoms with E-state index in [0.717, 1.165) is 0 Å². The van der Waals surface area contributed by atoms with Crippen LogP contribution in [0.1, 0.15) is 6.42 Å². The van der Waals surface area contributed by atoms with Crippen LogP contribution >= 0.6 is 0 Å². The Hall–Kier alpha value is -1.08. The van der Waals surface area contributed by atoms with Gasteiger partial charge in [0, 0.05) is 13.6 Å². The third-order valence-corrected chi connectivity index (χ3v) is 1.44. The number of hydrogen-bond donors (Lipinski definition) is 0. The van der Waals surface area contributed by atoms with E-state index in [1.54, 1.807) is 11.9 Å². The highest BCUT2D eigenvalue weighted by atomic mass is 16.2. The zero-order chi connectivity index (χ0) is 9.56. The molecule has 0 fully saturated rings. The molecule has 0 rings (SSSR count). The first kappa shape index (κ1) is 10.9. The fourth-order valence-electron chi connectivity index (χ4n) is 0.734. The maximum Gasteiger partial charge on any atom is 0.236 e. The van der Waals surface area contributed by atoms with E-state index in [9.17, 15) is 4.79 Å². The van der Waals surface area contributed by atoms with E-state index in [-0.39, 0.29) is 5.91 Å². The van der Waals surface area contributed by atoms with Crippen molar-refractivity contribution in [2.45, 2.75) is 6.42 Å². The minimum Gasteiger partial charge on any atom is -0.344 e. The smallest absolute Gasteiger partial charge is 0.236 e. The van der Waals surface area contributed by atoms with Crippen molar-refractivity contribution in [1.29, 1.82) is 5.26 Å². The molecule has 0 saturated heterocycles. The number of carbonyl (C=O) groups is 1. The summed E-state index contributed by atoms with van der Waals surface area (Å²) in [5, 5.41) is 8.28. The van der Waals surface area contributed by atoms with Gasteiger partial charge in [-0.25, -0.2) is 0 Å². The van der Waals surface area contributed by atoms with Crippen LogP contribution in [0.5, 0.6) is 0 Å². The summed E-state index contributed by atoms with van der Waals surface area (Å²) in [6, 6.07) is 2.00. The van der Waals surface area contributed by atoms with Gasteiger partial charge in [-0.1, -0.05) is 0 Å². The van der Waals surface area contributed by atoms with Gasteiger partial charge in [-0.15, -0.1) is 0 Å². The second kappa shape index (κ2) is 5.56. The Morgan fingerprint density at radius 1 is 1.42 bits per heavy atom. The number of nitrogens with zero attached hydrogens (tertiary/aromatic N) is 3. The molecule has 0 N–H and O–H groups in total. The van der Waals surface area contributed by atoms with Crippen molar-refractivity contribution >= 4 is 5.91 Å². The quantitative estimate of drug-likeness (QED) is 0.591. The van der Waals surface area contributed by atoms with Crippen LogP contribution in [0.25, 0.3) is 0 Å². The average Bonchev–Trinajstić information content (AvgIpc) is 1.98. The van der Waals surface area contributed by atoms with Crippen LogP contribution in [0, 0.1) is 11.3 Å². The molecule has 0 atom stereocenters. The fourth-order valence-corrected chi connectivity index (χ4v) is 0.734. The predicted octanol–water partition coefficient (Wildman–Crippen LogP) is -0.0799. The molecule has 0 aromatic carbocycles. The lowest BCUT2D eigenvalue weighted by atomic mass is 10.4. The molecule has 0 radical (unpaired) electrons. The molecule has 0 unspecified atom stereocenters. The summed E-state index contributed by atoms with van der Waals surface area (Å²) in [7, 11) is 5.40. The molecule has 0 saturated carbocycles. The topological polar surface area (TPSA) is 47.3 Å². The number of nitriles is 1. The third kappa shape index (κ3) is 4.69. The summed E-state index contributed by atoms with van der Waals surface area (Å²) in [5.41, 5.74) is 0. The zero-order valence-corrected chi connectivity index (χ0v) is 7.87.